The number of benzene rings is 1. The number of carbonyl (C=O) groups is 1. The Bertz CT molecular complexity index is 570. The number of amides is 2. The van der Waals surface area contributed by atoms with Gasteiger partial charge in [0.15, 0.2) is 0 Å². The number of nitrogens with zero attached hydrogens (tertiary/aromatic N) is 2. The van der Waals surface area contributed by atoms with Crippen LogP contribution in [0.25, 0.3) is 0 Å². The number of aryl methyl sites for hydroxylation is 1. The average Bonchev–Trinajstić information content (AvgIpc) is 3.06. The lowest BCUT2D eigenvalue weighted by atomic mass is 10.1. The zero-order valence-corrected chi connectivity index (χ0v) is 14.9. The van der Waals surface area contributed by atoms with Crippen molar-refractivity contribution in [2.75, 3.05) is 45.2 Å². The molecule has 2 aliphatic heterocycles. The van der Waals surface area contributed by atoms with E-state index in [4.69, 9.17) is 4.74 Å². The summed E-state index contributed by atoms with van der Waals surface area (Å²) in [5.74, 6) is 1.32. The van der Waals surface area contributed by atoms with Crippen LogP contribution in [0.4, 0.5) is 10.5 Å². The van der Waals surface area contributed by atoms with Gasteiger partial charge in [-0.05, 0) is 62.9 Å². The first-order valence-corrected chi connectivity index (χ1v) is 9.08. The summed E-state index contributed by atoms with van der Waals surface area (Å²) in [4.78, 5) is 17.1. The SMILES string of the molecule is COc1cc(C)ccc1NC(=O)N1CCC(CN2CCCCC2)C1. The van der Waals surface area contributed by atoms with E-state index in [9.17, 15) is 4.79 Å². The van der Waals surface area contributed by atoms with Gasteiger partial charge in [0.25, 0.3) is 0 Å². The van der Waals surface area contributed by atoms with E-state index >= 15 is 0 Å². The van der Waals surface area contributed by atoms with Crippen LogP contribution in [0.5, 0.6) is 5.75 Å². The van der Waals surface area contributed by atoms with Crippen LogP contribution in [0, 0.1) is 12.8 Å². The molecule has 2 saturated heterocycles. The van der Waals surface area contributed by atoms with Crippen LogP contribution in [-0.2, 0) is 0 Å². The molecule has 132 valence electrons. The number of urea groups is 1. The lowest BCUT2D eigenvalue weighted by molar-refractivity contribution is 0.192. The summed E-state index contributed by atoms with van der Waals surface area (Å²) in [5, 5.41) is 3.00. The maximum absolute atomic E-state index is 12.6. The van der Waals surface area contributed by atoms with Crippen molar-refractivity contribution in [2.24, 2.45) is 5.92 Å². The van der Waals surface area contributed by atoms with Gasteiger partial charge in [-0.3, -0.25) is 0 Å². The quantitative estimate of drug-likeness (QED) is 0.920. The lowest BCUT2D eigenvalue weighted by Crippen LogP contribution is -2.37. The Labute approximate surface area is 145 Å². The second-order valence-electron chi connectivity index (χ2n) is 7.10. The molecule has 1 aromatic rings. The number of hydrogen-bond acceptors (Lipinski definition) is 3. The monoisotopic (exact) mass is 331 g/mol. The topological polar surface area (TPSA) is 44.8 Å². The van der Waals surface area contributed by atoms with Crippen molar-refractivity contribution in [3.63, 3.8) is 0 Å². The van der Waals surface area contributed by atoms with Gasteiger partial charge in [-0.25, -0.2) is 4.79 Å². The molecule has 1 N–H and O–H groups in total. The third-order valence-corrected chi connectivity index (χ3v) is 5.14. The highest BCUT2D eigenvalue weighted by Gasteiger charge is 2.28. The molecule has 2 fully saturated rings. The van der Waals surface area contributed by atoms with Crippen LogP contribution in [-0.4, -0.2) is 55.7 Å². The van der Waals surface area contributed by atoms with Gasteiger partial charge in [-0.1, -0.05) is 12.5 Å². The highest BCUT2D eigenvalue weighted by atomic mass is 16.5. The van der Waals surface area contributed by atoms with Gasteiger partial charge in [0.05, 0.1) is 12.8 Å². The highest BCUT2D eigenvalue weighted by molar-refractivity contribution is 5.91. The number of anilines is 1. The number of rotatable bonds is 4. The molecule has 1 unspecified atom stereocenters. The van der Waals surface area contributed by atoms with Gasteiger partial charge in [0, 0.05) is 19.6 Å². The van der Waals surface area contributed by atoms with Gasteiger partial charge in [0.1, 0.15) is 5.75 Å². The van der Waals surface area contributed by atoms with Crippen molar-refractivity contribution in [2.45, 2.75) is 32.6 Å². The number of carbonyl (C=O) groups excluding carboxylic acids is 1. The summed E-state index contributed by atoms with van der Waals surface area (Å²) in [6.07, 6.45) is 5.12. The largest absolute Gasteiger partial charge is 0.495 e. The van der Waals surface area contributed by atoms with Crippen molar-refractivity contribution in [3.8, 4) is 5.75 Å². The fourth-order valence-corrected chi connectivity index (χ4v) is 3.77. The predicted octanol–water partition coefficient (Wildman–Crippen LogP) is 3.34. The maximum atomic E-state index is 12.6. The first kappa shape index (κ1) is 17.1. The molecule has 0 spiro atoms. The molecule has 24 heavy (non-hydrogen) atoms. The van der Waals surface area contributed by atoms with Crippen LogP contribution in [0.1, 0.15) is 31.2 Å². The number of nitrogens with one attached hydrogen (secondary N) is 1. The van der Waals surface area contributed by atoms with Gasteiger partial charge in [0.2, 0.25) is 0 Å². The van der Waals surface area contributed by atoms with E-state index in [1.807, 2.05) is 30.0 Å². The smallest absolute Gasteiger partial charge is 0.321 e. The Morgan fingerprint density at radius 3 is 2.79 bits per heavy atom. The van der Waals surface area contributed by atoms with E-state index in [0.29, 0.717) is 11.7 Å². The minimum Gasteiger partial charge on any atom is -0.495 e. The van der Waals surface area contributed by atoms with Crippen LogP contribution in [0.3, 0.4) is 0 Å². The van der Waals surface area contributed by atoms with Gasteiger partial charge >= 0.3 is 6.03 Å². The molecule has 2 heterocycles. The van der Waals surface area contributed by atoms with E-state index in [1.54, 1.807) is 7.11 Å². The Kier molecular flexibility index (Phi) is 5.61. The number of hydrogen-bond donors (Lipinski definition) is 1. The second-order valence-corrected chi connectivity index (χ2v) is 7.10. The third-order valence-electron chi connectivity index (χ3n) is 5.14. The van der Waals surface area contributed by atoms with Gasteiger partial charge in [-0.15, -0.1) is 0 Å². The lowest BCUT2D eigenvalue weighted by Gasteiger charge is -2.29. The average molecular weight is 331 g/mol. The normalized spacial score (nSPS) is 21.8. The van der Waals surface area contributed by atoms with E-state index in [-0.39, 0.29) is 6.03 Å². The minimum atomic E-state index is -0.0155. The number of piperidine rings is 1. The maximum Gasteiger partial charge on any atom is 0.321 e. The van der Waals surface area contributed by atoms with Gasteiger partial charge in [-0.2, -0.15) is 0 Å². The highest BCUT2D eigenvalue weighted by Crippen LogP contribution is 2.27. The molecule has 5 nitrogen and oxygen atoms in total. The predicted molar refractivity (Wildman–Crippen MR) is 96.7 cm³/mol. The van der Waals surface area contributed by atoms with Crippen LogP contribution < -0.4 is 10.1 Å². The molecule has 3 rings (SSSR count). The zero-order chi connectivity index (χ0) is 16.9. The van der Waals surface area contributed by atoms with E-state index in [2.05, 4.69) is 10.2 Å². The fourth-order valence-electron chi connectivity index (χ4n) is 3.77. The number of methoxy groups -OCH3 is 1. The molecule has 0 saturated carbocycles. The van der Waals surface area contributed by atoms with Crippen LogP contribution in [0.15, 0.2) is 18.2 Å². The molecule has 0 aliphatic carbocycles. The molecule has 5 heteroatoms. The summed E-state index contributed by atoms with van der Waals surface area (Å²) in [6.45, 7) is 7.30. The Morgan fingerprint density at radius 1 is 1.25 bits per heavy atom. The zero-order valence-electron chi connectivity index (χ0n) is 14.9. The Hall–Kier alpha value is -1.75. The molecule has 1 aromatic carbocycles. The van der Waals surface area contributed by atoms with Gasteiger partial charge < -0.3 is 19.9 Å². The van der Waals surface area contributed by atoms with Crippen LogP contribution in [0.2, 0.25) is 0 Å². The first-order valence-electron chi connectivity index (χ1n) is 9.08. The molecule has 0 radical (unpaired) electrons. The Morgan fingerprint density at radius 2 is 2.04 bits per heavy atom. The van der Waals surface area contributed by atoms with Crippen molar-refractivity contribution < 1.29 is 9.53 Å². The summed E-state index contributed by atoms with van der Waals surface area (Å²) in [5.41, 5.74) is 1.86. The summed E-state index contributed by atoms with van der Waals surface area (Å²) in [7, 11) is 1.63. The summed E-state index contributed by atoms with van der Waals surface area (Å²) in [6, 6.07) is 5.83. The molecule has 0 aromatic heterocycles. The molecule has 2 amide bonds. The van der Waals surface area contributed by atoms with Crippen molar-refractivity contribution in [1.82, 2.24) is 9.80 Å². The molecular weight excluding hydrogens is 302 g/mol. The van der Waals surface area contributed by atoms with E-state index in [1.165, 1.54) is 32.4 Å². The number of ether oxygens (including phenoxy) is 1. The minimum absolute atomic E-state index is 0.0155. The molecule has 1 atom stereocenters. The summed E-state index contributed by atoms with van der Waals surface area (Å²) < 4.78 is 5.37. The van der Waals surface area contributed by atoms with Crippen molar-refractivity contribution in [1.29, 1.82) is 0 Å². The van der Waals surface area contributed by atoms with Crippen molar-refractivity contribution in [3.05, 3.63) is 23.8 Å². The fraction of sp³-hybridized carbons (Fsp3) is 0.632. The standard InChI is InChI=1S/C19H29N3O2/c1-15-6-7-17(18(12-15)24-2)20-19(23)22-11-8-16(14-22)13-21-9-4-3-5-10-21/h6-7,12,16H,3-5,8-11,13-14H2,1-2H3,(H,20,23). The van der Waals surface area contributed by atoms with Crippen LogP contribution >= 0.6 is 0 Å². The molecular formula is C19H29N3O2. The third kappa shape index (κ3) is 4.20. The number of likely N-dealkylation sites (tertiary alicyclic amines) is 2. The Balaban J connectivity index is 1.53. The molecule has 0 bridgehead atoms. The molecule has 2 aliphatic rings. The van der Waals surface area contributed by atoms with E-state index in [0.717, 1.165) is 37.3 Å². The van der Waals surface area contributed by atoms with Crippen molar-refractivity contribution >= 4 is 11.7 Å². The summed E-state index contributed by atoms with van der Waals surface area (Å²) >= 11 is 0. The first-order chi connectivity index (χ1) is 11.7. The van der Waals surface area contributed by atoms with E-state index < -0.39 is 0 Å². The second kappa shape index (κ2) is 7.88.